The Kier molecular flexibility index (Phi) is 13.4. The van der Waals surface area contributed by atoms with Crippen LogP contribution >= 0.6 is 37.9 Å². The second-order valence-electron chi connectivity index (χ2n) is 1.57. The van der Waals surface area contributed by atoms with Crippen molar-refractivity contribution in [3.05, 3.63) is 0 Å². The van der Waals surface area contributed by atoms with E-state index < -0.39 is 5.97 Å². The van der Waals surface area contributed by atoms with Gasteiger partial charge in [-0.3, -0.25) is 4.79 Å². The smallest absolute Gasteiger partial charge is 0.313 e. The molecule has 0 aliphatic rings. The van der Waals surface area contributed by atoms with Crippen molar-refractivity contribution >= 4 is 43.9 Å². The summed E-state index contributed by atoms with van der Waals surface area (Å²) < 4.78 is 0. The molecule has 0 aromatic heterocycles. The zero-order chi connectivity index (χ0) is 9.28. The first-order valence-corrected chi connectivity index (χ1v) is 4.70. The molecule has 0 bridgehead atoms. The van der Waals surface area contributed by atoms with Crippen molar-refractivity contribution in [3.8, 4) is 0 Å². The SMILES string of the molecule is O=C(O)CS.OC(CS)CS. The van der Waals surface area contributed by atoms with Crippen molar-refractivity contribution in [3.63, 3.8) is 0 Å². The van der Waals surface area contributed by atoms with Gasteiger partial charge in [-0.2, -0.15) is 37.9 Å². The molecule has 0 rings (SSSR count). The second-order valence-corrected chi connectivity index (χ2v) is 2.62. The maximum Gasteiger partial charge on any atom is 0.313 e. The van der Waals surface area contributed by atoms with Gasteiger partial charge in [-0.1, -0.05) is 0 Å². The van der Waals surface area contributed by atoms with Crippen molar-refractivity contribution in [1.82, 2.24) is 0 Å². The summed E-state index contributed by atoms with van der Waals surface area (Å²) in [5, 5.41) is 16.2. The number of aliphatic carboxylic acids is 1. The van der Waals surface area contributed by atoms with E-state index in [1.165, 1.54) is 0 Å². The lowest BCUT2D eigenvalue weighted by atomic mass is 10.5. The zero-order valence-electron chi connectivity index (χ0n) is 5.84. The van der Waals surface area contributed by atoms with Gasteiger partial charge in [0.25, 0.3) is 0 Å². The van der Waals surface area contributed by atoms with Crippen LogP contribution in [0.3, 0.4) is 0 Å². The Morgan fingerprint density at radius 1 is 1.27 bits per heavy atom. The van der Waals surface area contributed by atoms with Crippen LogP contribution in [0.5, 0.6) is 0 Å². The highest BCUT2D eigenvalue weighted by Crippen LogP contribution is 1.87. The predicted octanol–water partition coefficient (Wildman–Crippen LogP) is 0.208. The van der Waals surface area contributed by atoms with Gasteiger partial charge >= 0.3 is 5.97 Å². The molecule has 3 nitrogen and oxygen atoms in total. The summed E-state index contributed by atoms with van der Waals surface area (Å²) in [6.45, 7) is 0. The third-order valence-corrected chi connectivity index (χ3v) is 1.67. The maximum atomic E-state index is 9.29. The number of carbonyl (C=O) groups is 1. The molecule has 0 aliphatic heterocycles. The summed E-state index contributed by atoms with van der Waals surface area (Å²) in [4.78, 5) is 9.29. The van der Waals surface area contributed by atoms with Crippen molar-refractivity contribution < 1.29 is 15.0 Å². The van der Waals surface area contributed by atoms with Gasteiger partial charge in [0, 0.05) is 11.5 Å². The molecule has 0 aliphatic carbocycles. The molecule has 0 radical (unpaired) electrons. The molecule has 0 saturated heterocycles. The molecule has 0 fully saturated rings. The molecular formula is C5H12O3S3. The zero-order valence-corrected chi connectivity index (χ0v) is 8.53. The predicted molar refractivity (Wildman–Crippen MR) is 55.2 cm³/mol. The fourth-order valence-corrected chi connectivity index (χ4v) is 0.520. The summed E-state index contributed by atoms with van der Waals surface area (Å²) in [7, 11) is 0. The molecule has 0 atom stereocenters. The van der Waals surface area contributed by atoms with Crippen LogP contribution < -0.4 is 0 Å². The Bertz CT molecular complexity index is 95.0. The van der Waals surface area contributed by atoms with Crippen LogP contribution in [0.4, 0.5) is 0 Å². The van der Waals surface area contributed by atoms with Crippen molar-refractivity contribution in [2.75, 3.05) is 17.3 Å². The number of hydrogen-bond acceptors (Lipinski definition) is 5. The first kappa shape index (κ1) is 14.0. The number of carboxylic acid groups (broad SMARTS) is 1. The molecule has 0 aromatic rings. The standard InChI is InChI=1S/C3H8OS2.C2H4O2S/c4-3(1-5)2-6;3-2(4)1-5/h3-6H,1-2H2;5H,1H2,(H,3,4). The number of rotatable bonds is 3. The van der Waals surface area contributed by atoms with E-state index >= 15 is 0 Å². The topological polar surface area (TPSA) is 57.5 Å². The molecule has 0 unspecified atom stereocenters. The van der Waals surface area contributed by atoms with Gasteiger partial charge in [0.15, 0.2) is 0 Å². The maximum absolute atomic E-state index is 9.29. The normalized spacial score (nSPS) is 8.82. The van der Waals surface area contributed by atoms with E-state index in [-0.39, 0.29) is 11.9 Å². The highest BCUT2D eigenvalue weighted by Gasteiger charge is 1.92. The molecule has 0 amide bonds. The average Bonchev–Trinajstić information content (AvgIpc) is 2.04. The van der Waals surface area contributed by atoms with E-state index in [0.717, 1.165) is 0 Å². The summed E-state index contributed by atoms with van der Waals surface area (Å²) >= 11 is 11.0. The molecule has 2 N–H and O–H groups in total. The van der Waals surface area contributed by atoms with E-state index in [1.807, 2.05) is 0 Å². The second kappa shape index (κ2) is 10.5. The first-order chi connectivity index (χ1) is 5.08. The van der Waals surface area contributed by atoms with E-state index in [4.69, 9.17) is 10.2 Å². The number of hydrogen-bond donors (Lipinski definition) is 5. The number of carboxylic acids is 1. The van der Waals surface area contributed by atoms with Gasteiger partial charge < -0.3 is 10.2 Å². The van der Waals surface area contributed by atoms with Crippen molar-refractivity contribution in [2.24, 2.45) is 0 Å². The largest absolute Gasteiger partial charge is 0.481 e. The van der Waals surface area contributed by atoms with Crippen LogP contribution in [0.2, 0.25) is 0 Å². The van der Waals surface area contributed by atoms with E-state index in [2.05, 4.69) is 37.9 Å². The lowest BCUT2D eigenvalue weighted by Crippen LogP contribution is -2.08. The Morgan fingerprint density at radius 3 is 1.55 bits per heavy atom. The minimum atomic E-state index is -0.881. The van der Waals surface area contributed by atoms with Crippen LogP contribution in [-0.4, -0.2) is 39.5 Å². The number of aliphatic hydroxyl groups is 1. The van der Waals surface area contributed by atoms with Crippen LogP contribution in [-0.2, 0) is 4.79 Å². The molecule has 11 heavy (non-hydrogen) atoms. The minimum absolute atomic E-state index is 0.0833. The van der Waals surface area contributed by atoms with Crippen molar-refractivity contribution in [2.45, 2.75) is 6.10 Å². The average molecular weight is 216 g/mol. The van der Waals surface area contributed by atoms with Crippen LogP contribution in [0, 0.1) is 0 Å². The summed E-state index contributed by atoms with van der Waals surface area (Å²) in [5.74, 6) is 0.0424. The number of aliphatic hydroxyl groups excluding tert-OH is 1. The van der Waals surface area contributed by atoms with E-state index in [9.17, 15) is 4.79 Å². The molecule has 6 heteroatoms. The monoisotopic (exact) mass is 216 g/mol. The Balaban J connectivity index is 0. The molecule has 0 spiro atoms. The van der Waals surface area contributed by atoms with Gasteiger partial charge in [-0.25, -0.2) is 0 Å². The van der Waals surface area contributed by atoms with Crippen LogP contribution in [0.1, 0.15) is 0 Å². The van der Waals surface area contributed by atoms with Crippen molar-refractivity contribution in [1.29, 1.82) is 0 Å². The van der Waals surface area contributed by atoms with Gasteiger partial charge in [-0.15, -0.1) is 0 Å². The molecular weight excluding hydrogens is 204 g/mol. The van der Waals surface area contributed by atoms with Gasteiger partial charge in [-0.05, 0) is 0 Å². The third kappa shape index (κ3) is 17.9. The lowest BCUT2D eigenvalue weighted by molar-refractivity contribution is -0.133. The highest BCUT2D eigenvalue weighted by atomic mass is 32.1. The fraction of sp³-hybridized carbons (Fsp3) is 0.800. The lowest BCUT2D eigenvalue weighted by Gasteiger charge is -1.97. The molecule has 68 valence electrons. The minimum Gasteiger partial charge on any atom is -0.481 e. The number of thiol groups is 3. The summed E-state index contributed by atoms with van der Waals surface area (Å²) in [6.07, 6.45) is -0.336. The Hall–Kier alpha value is 0.480. The van der Waals surface area contributed by atoms with E-state index in [0.29, 0.717) is 11.5 Å². The molecule has 0 heterocycles. The van der Waals surface area contributed by atoms with Crippen LogP contribution in [0.15, 0.2) is 0 Å². The quantitative estimate of drug-likeness (QED) is 0.438. The Morgan fingerprint density at radius 2 is 1.55 bits per heavy atom. The van der Waals surface area contributed by atoms with Crippen LogP contribution in [0.25, 0.3) is 0 Å². The van der Waals surface area contributed by atoms with E-state index in [1.54, 1.807) is 0 Å². The first-order valence-electron chi connectivity index (χ1n) is 2.80. The fourth-order valence-electron chi connectivity index (χ4n) is 0.0577. The van der Waals surface area contributed by atoms with Gasteiger partial charge in [0.1, 0.15) is 0 Å². The summed E-state index contributed by atoms with van der Waals surface area (Å²) in [5.41, 5.74) is 0. The molecule has 0 aromatic carbocycles. The Labute approximate surface area is 82.4 Å². The van der Waals surface area contributed by atoms with Gasteiger partial charge in [0.05, 0.1) is 11.9 Å². The van der Waals surface area contributed by atoms with Gasteiger partial charge in [0.2, 0.25) is 0 Å². The summed E-state index contributed by atoms with van der Waals surface area (Å²) in [6, 6.07) is 0. The third-order valence-electron chi connectivity index (χ3n) is 0.557. The highest BCUT2D eigenvalue weighted by molar-refractivity contribution is 7.81. The molecule has 0 saturated carbocycles.